The molecule has 6 nitrogen and oxygen atoms in total. The summed E-state index contributed by atoms with van der Waals surface area (Å²) < 4.78 is 4.83. The average molecular weight is 230 g/mol. The number of urea groups is 1. The van der Waals surface area contributed by atoms with Gasteiger partial charge >= 0.3 is 12.0 Å². The number of carbonyl (C=O) groups is 2. The first-order valence-corrected chi connectivity index (χ1v) is 5.39. The van der Waals surface area contributed by atoms with Crippen molar-refractivity contribution in [2.24, 2.45) is 0 Å². The SMILES string of the molecule is COCCCNC(=O)NC1(C(=O)O)CCC1. The first kappa shape index (κ1) is 12.8. The Hall–Kier alpha value is -1.30. The van der Waals surface area contributed by atoms with Gasteiger partial charge in [-0.05, 0) is 25.7 Å². The maximum atomic E-state index is 11.4. The lowest BCUT2D eigenvalue weighted by molar-refractivity contribution is -0.148. The van der Waals surface area contributed by atoms with Crippen LogP contribution in [0.15, 0.2) is 0 Å². The number of nitrogens with one attached hydrogen (secondary N) is 2. The molecule has 6 heteroatoms. The van der Waals surface area contributed by atoms with Crippen LogP contribution in [-0.2, 0) is 9.53 Å². The van der Waals surface area contributed by atoms with E-state index < -0.39 is 17.5 Å². The van der Waals surface area contributed by atoms with Gasteiger partial charge in [0, 0.05) is 20.3 Å². The van der Waals surface area contributed by atoms with Crippen LogP contribution in [0.1, 0.15) is 25.7 Å². The summed E-state index contributed by atoms with van der Waals surface area (Å²) in [6.45, 7) is 1.06. The van der Waals surface area contributed by atoms with E-state index in [2.05, 4.69) is 10.6 Å². The molecule has 1 rings (SSSR count). The molecule has 1 fully saturated rings. The van der Waals surface area contributed by atoms with Crippen LogP contribution < -0.4 is 10.6 Å². The predicted octanol–water partition coefficient (Wildman–Crippen LogP) is 0.329. The molecular weight excluding hydrogens is 212 g/mol. The van der Waals surface area contributed by atoms with Crippen molar-refractivity contribution in [2.75, 3.05) is 20.3 Å². The van der Waals surface area contributed by atoms with E-state index in [9.17, 15) is 9.59 Å². The van der Waals surface area contributed by atoms with Gasteiger partial charge in [0.25, 0.3) is 0 Å². The summed E-state index contributed by atoms with van der Waals surface area (Å²) in [5.74, 6) is -0.953. The molecule has 1 aliphatic rings. The molecule has 0 aromatic carbocycles. The maximum absolute atomic E-state index is 11.4. The highest BCUT2D eigenvalue weighted by molar-refractivity contribution is 5.87. The van der Waals surface area contributed by atoms with E-state index in [-0.39, 0.29) is 0 Å². The molecule has 0 aromatic heterocycles. The molecule has 0 unspecified atom stereocenters. The van der Waals surface area contributed by atoms with Crippen molar-refractivity contribution in [1.82, 2.24) is 10.6 Å². The van der Waals surface area contributed by atoms with Crippen molar-refractivity contribution in [3.63, 3.8) is 0 Å². The lowest BCUT2D eigenvalue weighted by Gasteiger charge is -2.38. The summed E-state index contributed by atoms with van der Waals surface area (Å²) in [5.41, 5.74) is -1.04. The Kier molecular flexibility index (Phi) is 4.54. The zero-order chi connectivity index (χ0) is 12.0. The van der Waals surface area contributed by atoms with Gasteiger partial charge in [-0.25, -0.2) is 9.59 Å². The van der Waals surface area contributed by atoms with Gasteiger partial charge < -0.3 is 20.5 Å². The molecule has 0 saturated heterocycles. The standard InChI is InChI=1S/C10H18N2O4/c1-16-7-3-6-11-9(15)12-10(8(13)14)4-2-5-10/h2-7H2,1H3,(H,13,14)(H2,11,12,15). The fourth-order valence-corrected chi connectivity index (χ4v) is 1.60. The Balaban J connectivity index is 2.25. The Labute approximate surface area is 94.3 Å². The normalized spacial score (nSPS) is 17.3. The molecule has 1 aliphatic carbocycles. The van der Waals surface area contributed by atoms with Crippen molar-refractivity contribution in [3.05, 3.63) is 0 Å². The van der Waals surface area contributed by atoms with Gasteiger partial charge in [-0.3, -0.25) is 0 Å². The lowest BCUT2D eigenvalue weighted by atomic mass is 9.77. The van der Waals surface area contributed by atoms with E-state index in [1.54, 1.807) is 7.11 Å². The van der Waals surface area contributed by atoms with Gasteiger partial charge in [0.1, 0.15) is 5.54 Å². The topological polar surface area (TPSA) is 87.7 Å². The highest BCUT2D eigenvalue weighted by Crippen LogP contribution is 2.31. The molecule has 0 bridgehead atoms. The first-order valence-electron chi connectivity index (χ1n) is 5.39. The molecule has 0 heterocycles. The number of rotatable bonds is 6. The predicted molar refractivity (Wildman–Crippen MR) is 57.2 cm³/mol. The van der Waals surface area contributed by atoms with Crippen molar-refractivity contribution >= 4 is 12.0 Å². The molecule has 0 spiro atoms. The first-order chi connectivity index (χ1) is 7.60. The third-order valence-electron chi connectivity index (χ3n) is 2.78. The zero-order valence-electron chi connectivity index (χ0n) is 9.41. The fourth-order valence-electron chi connectivity index (χ4n) is 1.60. The van der Waals surface area contributed by atoms with Crippen LogP contribution in [0, 0.1) is 0 Å². The van der Waals surface area contributed by atoms with E-state index in [0.29, 0.717) is 32.4 Å². The van der Waals surface area contributed by atoms with Gasteiger partial charge in [0.05, 0.1) is 0 Å². The van der Waals surface area contributed by atoms with E-state index in [1.165, 1.54) is 0 Å². The summed E-state index contributed by atoms with van der Waals surface area (Å²) in [4.78, 5) is 22.3. The van der Waals surface area contributed by atoms with Gasteiger partial charge in [-0.1, -0.05) is 0 Å². The highest BCUT2D eigenvalue weighted by atomic mass is 16.5. The summed E-state index contributed by atoms with van der Waals surface area (Å²) in [7, 11) is 1.59. The molecule has 2 amide bonds. The second kappa shape index (κ2) is 5.69. The molecule has 0 aliphatic heterocycles. The zero-order valence-corrected chi connectivity index (χ0v) is 9.41. The molecular formula is C10H18N2O4. The number of carboxylic acid groups (broad SMARTS) is 1. The number of aliphatic carboxylic acids is 1. The Morgan fingerprint density at radius 1 is 1.44 bits per heavy atom. The van der Waals surface area contributed by atoms with Gasteiger partial charge in [-0.2, -0.15) is 0 Å². The number of hydrogen-bond donors (Lipinski definition) is 3. The molecule has 0 aromatic rings. The monoisotopic (exact) mass is 230 g/mol. The molecule has 0 atom stereocenters. The second-order valence-electron chi connectivity index (χ2n) is 3.97. The van der Waals surface area contributed by atoms with Gasteiger partial charge in [0.2, 0.25) is 0 Å². The number of carboxylic acids is 1. The third-order valence-corrected chi connectivity index (χ3v) is 2.78. The van der Waals surface area contributed by atoms with Crippen molar-refractivity contribution < 1.29 is 19.4 Å². The van der Waals surface area contributed by atoms with Crippen LogP contribution in [0.4, 0.5) is 4.79 Å². The number of amides is 2. The summed E-state index contributed by atoms with van der Waals surface area (Å²) in [6, 6.07) is -0.418. The van der Waals surface area contributed by atoms with Crippen LogP contribution in [0.5, 0.6) is 0 Å². The minimum Gasteiger partial charge on any atom is -0.480 e. The van der Waals surface area contributed by atoms with E-state index in [1.807, 2.05) is 0 Å². The van der Waals surface area contributed by atoms with Crippen molar-refractivity contribution in [1.29, 1.82) is 0 Å². The molecule has 1 saturated carbocycles. The minimum absolute atomic E-state index is 0.418. The molecule has 3 N–H and O–H groups in total. The van der Waals surface area contributed by atoms with Crippen LogP contribution >= 0.6 is 0 Å². The summed E-state index contributed by atoms with van der Waals surface area (Å²) in [5, 5.41) is 14.1. The summed E-state index contributed by atoms with van der Waals surface area (Å²) in [6.07, 6.45) is 2.57. The number of hydrogen-bond acceptors (Lipinski definition) is 3. The Morgan fingerprint density at radius 3 is 2.56 bits per heavy atom. The van der Waals surface area contributed by atoms with E-state index >= 15 is 0 Å². The minimum atomic E-state index is -1.04. The van der Waals surface area contributed by atoms with E-state index in [0.717, 1.165) is 6.42 Å². The lowest BCUT2D eigenvalue weighted by Crippen LogP contribution is -2.61. The summed E-state index contributed by atoms with van der Waals surface area (Å²) >= 11 is 0. The Bertz CT molecular complexity index is 264. The smallest absolute Gasteiger partial charge is 0.329 e. The number of methoxy groups -OCH3 is 1. The van der Waals surface area contributed by atoms with Crippen LogP contribution in [0.25, 0.3) is 0 Å². The number of carbonyl (C=O) groups excluding carboxylic acids is 1. The van der Waals surface area contributed by atoms with Gasteiger partial charge in [-0.15, -0.1) is 0 Å². The van der Waals surface area contributed by atoms with Crippen molar-refractivity contribution in [3.8, 4) is 0 Å². The Morgan fingerprint density at radius 2 is 2.12 bits per heavy atom. The quantitative estimate of drug-likeness (QED) is 0.574. The third kappa shape index (κ3) is 3.10. The largest absolute Gasteiger partial charge is 0.480 e. The second-order valence-corrected chi connectivity index (χ2v) is 3.97. The number of ether oxygens (including phenoxy) is 1. The van der Waals surface area contributed by atoms with Crippen LogP contribution in [0.3, 0.4) is 0 Å². The highest BCUT2D eigenvalue weighted by Gasteiger charge is 2.45. The van der Waals surface area contributed by atoms with Gasteiger partial charge in [0.15, 0.2) is 0 Å². The molecule has 0 radical (unpaired) electrons. The molecule has 92 valence electrons. The van der Waals surface area contributed by atoms with Crippen LogP contribution in [-0.4, -0.2) is 42.9 Å². The average Bonchev–Trinajstić information content (AvgIpc) is 2.18. The van der Waals surface area contributed by atoms with Crippen molar-refractivity contribution in [2.45, 2.75) is 31.2 Å². The maximum Gasteiger partial charge on any atom is 0.329 e. The fraction of sp³-hybridized carbons (Fsp3) is 0.800. The van der Waals surface area contributed by atoms with Crippen LogP contribution in [0.2, 0.25) is 0 Å². The molecule has 16 heavy (non-hydrogen) atoms. The van der Waals surface area contributed by atoms with E-state index in [4.69, 9.17) is 9.84 Å².